The van der Waals surface area contributed by atoms with Crippen LogP contribution < -0.4 is 4.74 Å². The maximum absolute atomic E-state index is 10.7. The lowest BCUT2D eigenvalue weighted by atomic mass is 9.79. The van der Waals surface area contributed by atoms with E-state index in [9.17, 15) is 5.11 Å². The molecule has 1 aromatic rings. The maximum atomic E-state index is 10.7. The van der Waals surface area contributed by atoms with Crippen molar-refractivity contribution in [2.24, 2.45) is 0 Å². The molecule has 1 aliphatic carbocycles. The van der Waals surface area contributed by atoms with Crippen LogP contribution in [0.1, 0.15) is 31.2 Å². The lowest BCUT2D eigenvalue weighted by Crippen LogP contribution is -2.40. The summed E-state index contributed by atoms with van der Waals surface area (Å²) >= 11 is 0. The first-order valence-corrected chi connectivity index (χ1v) is 6.54. The Bertz CT molecular complexity index is 391. The number of hydrogen-bond acceptors (Lipinski definition) is 3. The van der Waals surface area contributed by atoms with Gasteiger partial charge in [0.15, 0.2) is 0 Å². The van der Waals surface area contributed by atoms with Crippen molar-refractivity contribution in [1.82, 2.24) is 0 Å². The Hall–Kier alpha value is -1.06. The molecule has 0 bridgehead atoms. The average molecular weight is 250 g/mol. The van der Waals surface area contributed by atoms with Gasteiger partial charge >= 0.3 is 0 Å². The van der Waals surface area contributed by atoms with Gasteiger partial charge in [-0.1, -0.05) is 18.2 Å². The molecule has 0 heterocycles. The molecule has 0 spiro atoms. The van der Waals surface area contributed by atoms with Crippen molar-refractivity contribution in [2.75, 3.05) is 14.2 Å². The zero-order valence-electron chi connectivity index (χ0n) is 11.2. The van der Waals surface area contributed by atoms with E-state index in [0.29, 0.717) is 12.8 Å². The molecule has 0 amide bonds. The van der Waals surface area contributed by atoms with Crippen LogP contribution in [-0.2, 0) is 11.2 Å². The van der Waals surface area contributed by atoms with Crippen LogP contribution in [0.5, 0.6) is 5.75 Å². The van der Waals surface area contributed by atoms with Gasteiger partial charge in [-0.05, 0) is 30.9 Å². The third-order valence-electron chi connectivity index (χ3n) is 3.82. The molecular weight excluding hydrogens is 228 g/mol. The largest absolute Gasteiger partial charge is 0.496 e. The number of ether oxygens (including phenoxy) is 2. The van der Waals surface area contributed by atoms with E-state index < -0.39 is 5.60 Å². The van der Waals surface area contributed by atoms with E-state index in [1.165, 1.54) is 0 Å². The molecule has 2 atom stereocenters. The fourth-order valence-corrected chi connectivity index (χ4v) is 2.85. The van der Waals surface area contributed by atoms with Crippen molar-refractivity contribution >= 4 is 0 Å². The summed E-state index contributed by atoms with van der Waals surface area (Å²) in [6.07, 6.45) is 4.43. The van der Waals surface area contributed by atoms with Crippen LogP contribution >= 0.6 is 0 Å². The SMILES string of the molecule is COc1ccccc1CC1(O)CCCC(OC)C1. The standard InChI is InChI=1S/C15H22O3/c1-17-13-7-5-9-15(16,11-13)10-12-6-3-4-8-14(12)18-2/h3-4,6,8,13,16H,5,7,9-11H2,1-2H3. The normalized spacial score (nSPS) is 28.1. The summed E-state index contributed by atoms with van der Waals surface area (Å²) in [5.41, 5.74) is 0.410. The van der Waals surface area contributed by atoms with Crippen LogP contribution in [0.4, 0.5) is 0 Å². The van der Waals surface area contributed by atoms with E-state index in [0.717, 1.165) is 30.6 Å². The number of hydrogen-bond donors (Lipinski definition) is 1. The Balaban J connectivity index is 2.11. The van der Waals surface area contributed by atoms with Gasteiger partial charge in [-0.15, -0.1) is 0 Å². The quantitative estimate of drug-likeness (QED) is 0.892. The third kappa shape index (κ3) is 3.03. The average Bonchev–Trinajstić information content (AvgIpc) is 2.39. The van der Waals surface area contributed by atoms with E-state index in [2.05, 4.69) is 0 Å². The minimum absolute atomic E-state index is 0.179. The van der Waals surface area contributed by atoms with E-state index in [4.69, 9.17) is 9.47 Å². The molecule has 1 fully saturated rings. The molecule has 1 saturated carbocycles. The Kier molecular flexibility index (Phi) is 4.25. The van der Waals surface area contributed by atoms with Gasteiger partial charge in [0.25, 0.3) is 0 Å². The number of benzene rings is 1. The smallest absolute Gasteiger partial charge is 0.122 e. The molecular formula is C15H22O3. The van der Waals surface area contributed by atoms with Gasteiger partial charge in [0.05, 0.1) is 18.8 Å². The summed E-state index contributed by atoms with van der Waals surface area (Å²) in [5.74, 6) is 0.852. The van der Waals surface area contributed by atoms with Crippen molar-refractivity contribution in [3.63, 3.8) is 0 Å². The first kappa shape index (κ1) is 13.4. The number of aliphatic hydroxyl groups is 1. The van der Waals surface area contributed by atoms with Gasteiger partial charge in [-0.25, -0.2) is 0 Å². The number of para-hydroxylation sites is 1. The summed E-state index contributed by atoms with van der Waals surface area (Å²) < 4.78 is 10.7. The molecule has 0 aromatic heterocycles. The monoisotopic (exact) mass is 250 g/mol. The van der Waals surface area contributed by atoms with Crippen molar-refractivity contribution in [3.05, 3.63) is 29.8 Å². The summed E-state index contributed by atoms with van der Waals surface area (Å²) in [7, 11) is 3.39. The molecule has 100 valence electrons. The first-order valence-electron chi connectivity index (χ1n) is 6.54. The van der Waals surface area contributed by atoms with E-state index in [-0.39, 0.29) is 6.10 Å². The Labute approximate surface area is 109 Å². The summed E-state index contributed by atoms with van der Waals surface area (Å²) in [4.78, 5) is 0. The molecule has 1 aromatic carbocycles. The Morgan fingerprint density at radius 3 is 2.83 bits per heavy atom. The molecule has 2 unspecified atom stereocenters. The van der Waals surface area contributed by atoms with Gasteiger partial charge in [0.1, 0.15) is 5.75 Å². The van der Waals surface area contributed by atoms with Gasteiger partial charge in [0, 0.05) is 20.0 Å². The van der Waals surface area contributed by atoms with Crippen molar-refractivity contribution in [3.8, 4) is 5.75 Å². The maximum Gasteiger partial charge on any atom is 0.122 e. The van der Waals surface area contributed by atoms with Crippen LogP contribution in [0.15, 0.2) is 24.3 Å². The van der Waals surface area contributed by atoms with Gasteiger partial charge < -0.3 is 14.6 Å². The van der Waals surface area contributed by atoms with Crippen molar-refractivity contribution in [1.29, 1.82) is 0 Å². The molecule has 3 nitrogen and oxygen atoms in total. The highest BCUT2D eigenvalue weighted by Crippen LogP contribution is 2.34. The zero-order valence-corrected chi connectivity index (χ0v) is 11.2. The summed E-state index contributed by atoms with van der Waals surface area (Å²) in [6.45, 7) is 0. The molecule has 0 saturated heterocycles. The van der Waals surface area contributed by atoms with Crippen LogP contribution in [0.25, 0.3) is 0 Å². The highest BCUT2D eigenvalue weighted by molar-refractivity contribution is 5.34. The second kappa shape index (κ2) is 5.72. The first-order chi connectivity index (χ1) is 8.67. The van der Waals surface area contributed by atoms with E-state index in [1.807, 2.05) is 24.3 Å². The fourth-order valence-electron chi connectivity index (χ4n) is 2.85. The van der Waals surface area contributed by atoms with E-state index >= 15 is 0 Å². The van der Waals surface area contributed by atoms with Gasteiger partial charge in [0.2, 0.25) is 0 Å². The second-order valence-electron chi connectivity index (χ2n) is 5.17. The minimum Gasteiger partial charge on any atom is -0.496 e. The molecule has 0 aliphatic heterocycles. The van der Waals surface area contributed by atoms with Crippen LogP contribution in [-0.4, -0.2) is 31.0 Å². The van der Waals surface area contributed by atoms with Gasteiger partial charge in [-0.3, -0.25) is 0 Å². The van der Waals surface area contributed by atoms with Crippen LogP contribution in [0.2, 0.25) is 0 Å². The number of rotatable bonds is 4. The Morgan fingerprint density at radius 2 is 2.11 bits per heavy atom. The highest BCUT2D eigenvalue weighted by Gasteiger charge is 2.35. The number of methoxy groups -OCH3 is 2. The lowest BCUT2D eigenvalue weighted by molar-refractivity contribution is -0.0583. The lowest BCUT2D eigenvalue weighted by Gasteiger charge is -2.36. The predicted octanol–water partition coefficient (Wildman–Crippen LogP) is 2.56. The topological polar surface area (TPSA) is 38.7 Å². The highest BCUT2D eigenvalue weighted by atomic mass is 16.5. The van der Waals surface area contributed by atoms with Crippen LogP contribution in [0.3, 0.4) is 0 Å². The summed E-state index contributed by atoms with van der Waals surface area (Å²) in [5, 5.41) is 10.7. The fraction of sp³-hybridized carbons (Fsp3) is 0.600. The second-order valence-corrected chi connectivity index (χ2v) is 5.17. The molecule has 0 radical (unpaired) electrons. The molecule has 1 N–H and O–H groups in total. The molecule has 18 heavy (non-hydrogen) atoms. The third-order valence-corrected chi connectivity index (χ3v) is 3.82. The minimum atomic E-state index is -0.659. The molecule has 2 rings (SSSR count). The zero-order chi connectivity index (χ0) is 13.0. The van der Waals surface area contributed by atoms with Crippen molar-refractivity contribution in [2.45, 2.75) is 43.8 Å². The summed E-state index contributed by atoms with van der Waals surface area (Å²) in [6, 6.07) is 7.89. The van der Waals surface area contributed by atoms with Gasteiger partial charge in [-0.2, -0.15) is 0 Å². The predicted molar refractivity (Wildman–Crippen MR) is 70.9 cm³/mol. The molecule has 1 aliphatic rings. The van der Waals surface area contributed by atoms with Crippen LogP contribution in [0, 0.1) is 0 Å². The van der Waals surface area contributed by atoms with Crippen molar-refractivity contribution < 1.29 is 14.6 Å². The molecule has 3 heteroatoms. The Morgan fingerprint density at radius 1 is 1.33 bits per heavy atom. The van der Waals surface area contributed by atoms with E-state index in [1.54, 1.807) is 14.2 Å².